The summed E-state index contributed by atoms with van der Waals surface area (Å²) in [5.74, 6) is -1.39. The third kappa shape index (κ3) is 5.85. The average Bonchev–Trinajstić information content (AvgIpc) is 2.70. The predicted octanol–water partition coefficient (Wildman–Crippen LogP) is 1.88. The molecule has 0 radical (unpaired) electrons. The summed E-state index contributed by atoms with van der Waals surface area (Å²) in [6, 6.07) is 11.5. The minimum atomic E-state index is -4.16. The number of likely N-dealkylation sites (N-methyl/N-ethyl adjacent to an activating group) is 1. The molecule has 2 aromatic carbocycles. The molecule has 7 nitrogen and oxygen atoms in total. The first-order valence-corrected chi connectivity index (χ1v) is 11.3. The van der Waals surface area contributed by atoms with E-state index in [9.17, 15) is 17.6 Å². The number of sulfonamides is 1. The summed E-state index contributed by atoms with van der Waals surface area (Å²) in [6.45, 7) is 6.23. The Bertz CT molecular complexity index is 991. The van der Waals surface area contributed by atoms with Gasteiger partial charge >= 0.3 is 0 Å². The van der Waals surface area contributed by atoms with E-state index in [-0.39, 0.29) is 0 Å². The van der Waals surface area contributed by atoms with Crippen molar-refractivity contribution in [1.82, 2.24) is 14.5 Å². The Labute approximate surface area is 176 Å². The minimum absolute atomic E-state index is 0.487. The van der Waals surface area contributed by atoms with Crippen LogP contribution in [-0.4, -0.2) is 63.4 Å². The van der Waals surface area contributed by atoms with Crippen molar-refractivity contribution in [3.63, 3.8) is 0 Å². The quantitative estimate of drug-likeness (QED) is 0.696. The molecular weight excluding hydrogens is 407 g/mol. The number of halogens is 1. The summed E-state index contributed by atoms with van der Waals surface area (Å²) in [6.07, 6.45) is 0. The molecule has 1 amide bonds. The van der Waals surface area contributed by atoms with Gasteiger partial charge in [0.2, 0.25) is 15.9 Å². The van der Waals surface area contributed by atoms with Gasteiger partial charge in [0, 0.05) is 38.4 Å². The van der Waals surface area contributed by atoms with Crippen molar-refractivity contribution in [1.29, 1.82) is 0 Å². The molecule has 1 heterocycles. The van der Waals surface area contributed by atoms with Crippen molar-refractivity contribution in [2.75, 3.05) is 38.5 Å². The standard InChI is InChI=1S/C21H27FN4O3S/c1-16(24-30(28,29)20-9-4-3-8-19(20)22)21(27)23-18-7-5-6-17(14-18)15-26-12-10-25(2)11-13-26/h3-9,14,16,24H,10-13,15H2,1-2H3,(H,23,27)/t16-/m0/s1. The summed E-state index contributed by atoms with van der Waals surface area (Å²) < 4.78 is 40.8. The number of anilines is 1. The molecule has 1 aliphatic rings. The van der Waals surface area contributed by atoms with Crippen LogP contribution >= 0.6 is 0 Å². The first-order chi connectivity index (χ1) is 14.2. The molecule has 0 aliphatic carbocycles. The van der Waals surface area contributed by atoms with E-state index in [0.29, 0.717) is 5.69 Å². The smallest absolute Gasteiger partial charge is 0.244 e. The first kappa shape index (κ1) is 22.4. The fourth-order valence-corrected chi connectivity index (χ4v) is 4.56. The molecule has 1 atom stereocenters. The number of carbonyl (C=O) groups is 1. The van der Waals surface area contributed by atoms with E-state index < -0.39 is 32.7 Å². The van der Waals surface area contributed by atoms with Gasteiger partial charge in [-0.15, -0.1) is 0 Å². The van der Waals surface area contributed by atoms with Gasteiger partial charge in [-0.3, -0.25) is 9.69 Å². The Balaban J connectivity index is 1.60. The monoisotopic (exact) mass is 434 g/mol. The molecule has 30 heavy (non-hydrogen) atoms. The van der Waals surface area contributed by atoms with Gasteiger partial charge in [-0.1, -0.05) is 24.3 Å². The van der Waals surface area contributed by atoms with Crippen LogP contribution in [0.3, 0.4) is 0 Å². The van der Waals surface area contributed by atoms with Gasteiger partial charge < -0.3 is 10.2 Å². The van der Waals surface area contributed by atoms with Gasteiger partial charge in [-0.05, 0) is 43.8 Å². The van der Waals surface area contributed by atoms with Crippen LogP contribution in [0.5, 0.6) is 0 Å². The largest absolute Gasteiger partial charge is 0.325 e. The van der Waals surface area contributed by atoms with E-state index in [1.165, 1.54) is 19.1 Å². The van der Waals surface area contributed by atoms with Crippen molar-refractivity contribution < 1.29 is 17.6 Å². The number of nitrogens with one attached hydrogen (secondary N) is 2. The Kier molecular flexibility index (Phi) is 7.19. The van der Waals surface area contributed by atoms with Crippen molar-refractivity contribution in [3.8, 4) is 0 Å². The highest BCUT2D eigenvalue weighted by atomic mass is 32.2. The van der Waals surface area contributed by atoms with Gasteiger partial charge in [-0.25, -0.2) is 12.8 Å². The molecule has 2 N–H and O–H groups in total. The van der Waals surface area contributed by atoms with E-state index in [4.69, 9.17) is 0 Å². The van der Waals surface area contributed by atoms with Gasteiger partial charge in [0.25, 0.3) is 0 Å². The zero-order chi connectivity index (χ0) is 21.7. The number of nitrogens with zero attached hydrogens (tertiary/aromatic N) is 2. The van der Waals surface area contributed by atoms with Gasteiger partial charge in [0.1, 0.15) is 10.7 Å². The molecule has 0 spiro atoms. The molecular formula is C21H27FN4O3S. The third-order valence-corrected chi connectivity index (χ3v) is 6.62. The van der Waals surface area contributed by atoms with E-state index >= 15 is 0 Å². The van der Waals surface area contributed by atoms with Crippen LogP contribution in [0.15, 0.2) is 53.4 Å². The fraction of sp³-hybridized carbons (Fsp3) is 0.381. The lowest BCUT2D eigenvalue weighted by molar-refractivity contribution is -0.117. The second-order valence-corrected chi connectivity index (χ2v) is 9.22. The average molecular weight is 435 g/mol. The molecule has 2 aromatic rings. The van der Waals surface area contributed by atoms with Crippen LogP contribution in [0.25, 0.3) is 0 Å². The normalized spacial score (nSPS) is 16.9. The maximum Gasteiger partial charge on any atom is 0.244 e. The van der Waals surface area contributed by atoms with E-state index in [1.54, 1.807) is 6.07 Å². The van der Waals surface area contributed by atoms with E-state index in [2.05, 4.69) is 26.9 Å². The minimum Gasteiger partial charge on any atom is -0.325 e. The zero-order valence-electron chi connectivity index (χ0n) is 17.1. The topological polar surface area (TPSA) is 81.7 Å². The van der Waals surface area contributed by atoms with Crippen molar-refractivity contribution >= 4 is 21.6 Å². The van der Waals surface area contributed by atoms with Crippen molar-refractivity contribution in [2.24, 2.45) is 0 Å². The lowest BCUT2D eigenvalue weighted by Gasteiger charge is -2.32. The highest BCUT2D eigenvalue weighted by Crippen LogP contribution is 2.16. The SMILES string of the molecule is C[C@H](NS(=O)(=O)c1ccccc1F)C(=O)Nc1cccc(CN2CCN(C)CC2)c1. The molecule has 1 aliphatic heterocycles. The maximum absolute atomic E-state index is 13.8. The van der Waals surface area contributed by atoms with Crippen LogP contribution in [0, 0.1) is 5.82 Å². The van der Waals surface area contributed by atoms with Gasteiger partial charge in [0.05, 0.1) is 6.04 Å². The number of carbonyl (C=O) groups excluding carboxylic acids is 1. The molecule has 0 bridgehead atoms. The van der Waals surface area contributed by atoms with Crippen molar-refractivity contribution in [2.45, 2.75) is 24.4 Å². The Morgan fingerprint density at radius 3 is 2.50 bits per heavy atom. The van der Waals surface area contributed by atoms with E-state index in [0.717, 1.165) is 50.4 Å². The van der Waals surface area contributed by atoms with Crippen LogP contribution < -0.4 is 10.0 Å². The summed E-state index contributed by atoms with van der Waals surface area (Å²) >= 11 is 0. The van der Waals surface area contributed by atoms with Crippen LogP contribution in [-0.2, 0) is 21.4 Å². The predicted molar refractivity (Wildman–Crippen MR) is 114 cm³/mol. The number of hydrogen-bond donors (Lipinski definition) is 2. The fourth-order valence-electron chi connectivity index (χ4n) is 3.27. The maximum atomic E-state index is 13.8. The second-order valence-electron chi connectivity index (χ2n) is 7.54. The zero-order valence-corrected chi connectivity index (χ0v) is 18.0. The highest BCUT2D eigenvalue weighted by Gasteiger charge is 2.24. The van der Waals surface area contributed by atoms with Gasteiger partial charge in [-0.2, -0.15) is 4.72 Å². The molecule has 0 unspecified atom stereocenters. The van der Waals surface area contributed by atoms with Crippen LogP contribution in [0.4, 0.5) is 10.1 Å². The lowest BCUT2D eigenvalue weighted by Crippen LogP contribution is -2.43. The Morgan fingerprint density at radius 2 is 1.80 bits per heavy atom. The summed E-state index contributed by atoms with van der Waals surface area (Å²) in [4.78, 5) is 16.7. The summed E-state index contributed by atoms with van der Waals surface area (Å²) in [5, 5.41) is 2.73. The van der Waals surface area contributed by atoms with Crippen molar-refractivity contribution in [3.05, 3.63) is 59.9 Å². The number of piperazine rings is 1. The lowest BCUT2D eigenvalue weighted by atomic mass is 10.1. The van der Waals surface area contributed by atoms with Gasteiger partial charge in [0.15, 0.2) is 0 Å². The summed E-state index contributed by atoms with van der Waals surface area (Å²) in [7, 11) is -2.05. The van der Waals surface area contributed by atoms with Crippen LogP contribution in [0.2, 0.25) is 0 Å². The van der Waals surface area contributed by atoms with E-state index in [1.807, 2.05) is 18.2 Å². The molecule has 162 valence electrons. The molecule has 0 saturated carbocycles. The number of hydrogen-bond acceptors (Lipinski definition) is 5. The highest BCUT2D eigenvalue weighted by molar-refractivity contribution is 7.89. The first-order valence-electron chi connectivity index (χ1n) is 9.82. The molecule has 1 fully saturated rings. The van der Waals surface area contributed by atoms with Crippen LogP contribution in [0.1, 0.15) is 12.5 Å². The number of amides is 1. The summed E-state index contributed by atoms with van der Waals surface area (Å²) in [5.41, 5.74) is 1.65. The third-order valence-electron chi connectivity index (χ3n) is 5.05. The molecule has 3 rings (SSSR count). The second kappa shape index (κ2) is 9.65. The Morgan fingerprint density at radius 1 is 1.10 bits per heavy atom. The molecule has 1 saturated heterocycles. The number of rotatable bonds is 7. The molecule has 9 heteroatoms. The number of benzene rings is 2. The Hall–Kier alpha value is -2.33. The molecule has 0 aromatic heterocycles.